The molecule has 2 aromatic rings. The number of ketones is 1. The molecule has 0 bridgehead atoms. The molecule has 2 heterocycles. The smallest absolute Gasteiger partial charge is 0.254 e. The third kappa shape index (κ3) is 3.52. The topological polar surface area (TPSA) is 49.4 Å². The van der Waals surface area contributed by atoms with Crippen molar-refractivity contribution >= 4 is 11.7 Å². The highest BCUT2D eigenvalue weighted by molar-refractivity contribution is 6.15. The number of piperidine rings is 1. The maximum atomic E-state index is 13.2. The normalized spacial score (nSPS) is 18.6. The molecule has 0 aromatic heterocycles. The summed E-state index contributed by atoms with van der Waals surface area (Å²) >= 11 is 0. The molecule has 2 saturated heterocycles. The van der Waals surface area contributed by atoms with Crippen molar-refractivity contribution in [1.29, 1.82) is 0 Å². The number of halogens is 1. The van der Waals surface area contributed by atoms with E-state index in [9.17, 15) is 14.0 Å². The van der Waals surface area contributed by atoms with Crippen LogP contribution in [0.5, 0.6) is 0 Å². The third-order valence-electron chi connectivity index (χ3n) is 5.95. The van der Waals surface area contributed by atoms with Gasteiger partial charge in [0.15, 0.2) is 5.78 Å². The first-order valence-electron chi connectivity index (χ1n) is 9.47. The van der Waals surface area contributed by atoms with Crippen LogP contribution in [0.25, 0.3) is 0 Å². The second-order valence-electron chi connectivity index (χ2n) is 7.60. The van der Waals surface area contributed by atoms with Crippen LogP contribution in [0.2, 0.25) is 0 Å². The van der Waals surface area contributed by atoms with Gasteiger partial charge in [0.05, 0.1) is 5.56 Å². The Kier molecular flexibility index (Phi) is 4.79. The second-order valence-corrected chi connectivity index (χ2v) is 7.60. The first-order chi connectivity index (χ1) is 13.1. The summed E-state index contributed by atoms with van der Waals surface area (Å²) in [6.45, 7) is 3.54. The van der Waals surface area contributed by atoms with Gasteiger partial charge >= 0.3 is 0 Å². The highest BCUT2D eigenvalue weighted by Crippen LogP contribution is 2.37. The van der Waals surface area contributed by atoms with Crippen LogP contribution in [0.3, 0.4) is 0 Å². The average Bonchev–Trinajstić information content (AvgIpc) is 3.16. The predicted molar refractivity (Wildman–Crippen MR) is 101 cm³/mol. The summed E-state index contributed by atoms with van der Waals surface area (Å²) in [7, 11) is 0. The summed E-state index contributed by atoms with van der Waals surface area (Å²) in [6.07, 6.45) is 3.17. The lowest BCUT2D eigenvalue weighted by molar-refractivity contribution is 0.0605. The number of carbonyl (C=O) groups is 2. The van der Waals surface area contributed by atoms with Gasteiger partial charge in [0.2, 0.25) is 0 Å². The van der Waals surface area contributed by atoms with Crippen LogP contribution in [-0.2, 0) is 0 Å². The van der Waals surface area contributed by atoms with Crippen LogP contribution in [-0.4, -0.2) is 42.8 Å². The van der Waals surface area contributed by atoms with Crippen LogP contribution < -0.4 is 5.32 Å². The van der Waals surface area contributed by atoms with E-state index < -0.39 is 0 Å². The monoisotopic (exact) mass is 366 g/mol. The molecule has 1 spiro atoms. The minimum atomic E-state index is -0.389. The van der Waals surface area contributed by atoms with Gasteiger partial charge in [-0.1, -0.05) is 18.2 Å². The number of rotatable bonds is 3. The van der Waals surface area contributed by atoms with Gasteiger partial charge < -0.3 is 10.2 Å². The van der Waals surface area contributed by atoms with Crippen molar-refractivity contribution < 1.29 is 14.0 Å². The van der Waals surface area contributed by atoms with E-state index in [0.29, 0.717) is 22.1 Å². The van der Waals surface area contributed by atoms with Crippen molar-refractivity contribution in [2.75, 3.05) is 26.2 Å². The number of benzene rings is 2. The van der Waals surface area contributed by atoms with Crippen LogP contribution in [0.15, 0.2) is 48.5 Å². The van der Waals surface area contributed by atoms with Gasteiger partial charge in [-0.2, -0.15) is 0 Å². The van der Waals surface area contributed by atoms with Gasteiger partial charge in [0.25, 0.3) is 5.91 Å². The van der Waals surface area contributed by atoms with Crippen LogP contribution in [0.4, 0.5) is 4.39 Å². The largest absolute Gasteiger partial charge is 0.339 e. The summed E-state index contributed by atoms with van der Waals surface area (Å²) in [4.78, 5) is 27.8. The molecule has 2 fully saturated rings. The molecule has 27 heavy (non-hydrogen) atoms. The summed E-state index contributed by atoms with van der Waals surface area (Å²) in [5.41, 5.74) is 1.51. The van der Waals surface area contributed by atoms with Crippen molar-refractivity contribution in [1.82, 2.24) is 10.2 Å². The lowest BCUT2D eigenvalue weighted by Gasteiger charge is -2.39. The molecule has 2 aliphatic heterocycles. The summed E-state index contributed by atoms with van der Waals surface area (Å²) < 4.78 is 13.2. The second kappa shape index (κ2) is 7.24. The lowest BCUT2D eigenvalue weighted by Crippen LogP contribution is -2.44. The van der Waals surface area contributed by atoms with E-state index in [0.717, 1.165) is 39.0 Å². The zero-order chi connectivity index (χ0) is 18.9. The predicted octanol–water partition coefficient (Wildman–Crippen LogP) is 3.27. The van der Waals surface area contributed by atoms with Crippen molar-refractivity contribution in [2.45, 2.75) is 19.3 Å². The van der Waals surface area contributed by atoms with Gasteiger partial charge in [-0.25, -0.2) is 4.39 Å². The van der Waals surface area contributed by atoms with Gasteiger partial charge in [0.1, 0.15) is 5.82 Å². The molecule has 0 atom stereocenters. The van der Waals surface area contributed by atoms with E-state index in [1.807, 2.05) is 4.90 Å². The number of nitrogens with one attached hydrogen (secondary N) is 1. The Balaban J connectivity index is 1.55. The molecule has 4 nitrogen and oxygen atoms in total. The first-order valence-corrected chi connectivity index (χ1v) is 9.47. The number of carbonyl (C=O) groups excluding carboxylic acids is 2. The standard InChI is InChI=1S/C22H23FN2O2/c23-17-7-5-16(6-8-17)20(26)18-3-1-2-4-19(18)21(27)25-13-10-22(11-14-25)9-12-24-15-22/h1-8,24H,9-15H2. The number of nitrogens with zero attached hydrogens (tertiary/aromatic N) is 1. The average molecular weight is 366 g/mol. The van der Waals surface area contributed by atoms with Crippen LogP contribution in [0, 0.1) is 11.2 Å². The Hall–Kier alpha value is -2.53. The molecule has 1 amide bonds. The van der Waals surface area contributed by atoms with Gasteiger partial charge in [0, 0.05) is 30.8 Å². The maximum absolute atomic E-state index is 13.2. The molecule has 2 aromatic carbocycles. The van der Waals surface area contributed by atoms with Crippen molar-refractivity contribution in [3.63, 3.8) is 0 Å². The van der Waals surface area contributed by atoms with Gasteiger partial charge in [-0.3, -0.25) is 9.59 Å². The zero-order valence-electron chi connectivity index (χ0n) is 15.2. The Morgan fingerprint density at radius 2 is 1.59 bits per heavy atom. The molecule has 0 aliphatic carbocycles. The summed E-state index contributed by atoms with van der Waals surface area (Å²) in [5.74, 6) is -0.742. The highest BCUT2D eigenvalue weighted by Gasteiger charge is 2.38. The SMILES string of the molecule is O=C(c1ccc(F)cc1)c1ccccc1C(=O)N1CCC2(CCNC2)CC1. The Bertz CT molecular complexity index is 847. The molecule has 0 radical (unpaired) electrons. The molecule has 4 rings (SSSR count). The lowest BCUT2D eigenvalue weighted by atomic mass is 9.77. The number of likely N-dealkylation sites (tertiary alicyclic amines) is 1. The van der Waals surface area contributed by atoms with E-state index in [4.69, 9.17) is 0 Å². The Morgan fingerprint density at radius 1 is 0.926 bits per heavy atom. The van der Waals surface area contributed by atoms with Crippen molar-refractivity contribution in [3.8, 4) is 0 Å². The number of hydrogen-bond acceptors (Lipinski definition) is 3. The molecule has 2 aliphatic rings. The van der Waals surface area contributed by atoms with Gasteiger partial charge in [-0.15, -0.1) is 0 Å². The number of hydrogen-bond donors (Lipinski definition) is 1. The van der Waals surface area contributed by atoms with E-state index in [-0.39, 0.29) is 17.5 Å². The van der Waals surface area contributed by atoms with E-state index >= 15 is 0 Å². The van der Waals surface area contributed by atoms with Crippen molar-refractivity contribution in [3.05, 3.63) is 71.0 Å². The zero-order valence-corrected chi connectivity index (χ0v) is 15.2. The highest BCUT2D eigenvalue weighted by atomic mass is 19.1. The molecular weight excluding hydrogens is 343 g/mol. The van der Waals surface area contributed by atoms with E-state index in [1.54, 1.807) is 24.3 Å². The van der Waals surface area contributed by atoms with Crippen molar-refractivity contribution in [2.24, 2.45) is 5.41 Å². The molecular formula is C22H23FN2O2. The number of amides is 1. The van der Waals surface area contributed by atoms with E-state index in [2.05, 4.69) is 5.32 Å². The molecule has 0 unspecified atom stereocenters. The quantitative estimate of drug-likeness (QED) is 0.848. The molecule has 5 heteroatoms. The molecule has 1 N–H and O–H groups in total. The van der Waals surface area contributed by atoms with Gasteiger partial charge in [-0.05, 0) is 61.6 Å². The van der Waals surface area contributed by atoms with E-state index in [1.165, 1.54) is 30.7 Å². The Labute approximate surface area is 158 Å². The van der Waals surface area contributed by atoms with Crippen LogP contribution in [0.1, 0.15) is 45.5 Å². The first kappa shape index (κ1) is 17.9. The maximum Gasteiger partial charge on any atom is 0.254 e. The third-order valence-corrected chi connectivity index (χ3v) is 5.95. The van der Waals surface area contributed by atoms with Crippen LogP contribution >= 0.6 is 0 Å². The fourth-order valence-corrected chi connectivity index (χ4v) is 4.20. The molecule has 140 valence electrons. The Morgan fingerprint density at radius 3 is 2.22 bits per heavy atom. The summed E-state index contributed by atoms with van der Waals surface area (Å²) in [5, 5.41) is 3.43. The fraction of sp³-hybridized carbons (Fsp3) is 0.364. The minimum Gasteiger partial charge on any atom is -0.339 e. The molecule has 0 saturated carbocycles. The summed E-state index contributed by atoms with van der Waals surface area (Å²) in [6, 6.07) is 12.3. The minimum absolute atomic E-state index is 0.0955. The fourth-order valence-electron chi connectivity index (χ4n) is 4.20.